The van der Waals surface area contributed by atoms with Gasteiger partial charge >= 0.3 is 5.97 Å². The van der Waals surface area contributed by atoms with Crippen LogP contribution in [0.5, 0.6) is 0 Å². The molecule has 5 nitrogen and oxygen atoms in total. The van der Waals surface area contributed by atoms with Gasteiger partial charge in [0.2, 0.25) is 0 Å². The van der Waals surface area contributed by atoms with Gasteiger partial charge in [-0.3, -0.25) is 9.59 Å². The summed E-state index contributed by atoms with van der Waals surface area (Å²) in [7, 11) is 0. The SMILES string of the molecule is CCCc1c(C(=O)NCCC(=O)O)oc2cc(-c3ccc(Cl)cc3)ccc12. The third-order valence-electron chi connectivity index (χ3n) is 4.30. The number of carbonyl (C=O) groups is 2. The first-order valence-electron chi connectivity index (χ1n) is 8.81. The molecule has 3 rings (SSSR count). The number of nitrogens with one attached hydrogen (secondary N) is 1. The third kappa shape index (κ3) is 4.31. The molecule has 0 aliphatic rings. The number of aliphatic carboxylic acids is 1. The normalized spacial score (nSPS) is 10.9. The van der Waals surface area contributed by atoms with E-state index in [1.165, 1.54) is 0 Å². The number of amides is 1. The van der Waals surface area contributed by atoms with Gasteiger partial charge in [0, 0.05) is 22.5 Å². The molecule has 0 bridgehead atoms. The zero-order chi connectivity index (χ0) is 19.4. The van der Waals surface area contributed by atoms with Crippen molar-refractivity contribution in [2.24, 2.45) is 0 Å². The van der Waals surface area contributed by atoms with Gasteiger partial charge in [0.1, 0.15) is 5.58 Å². The van der Waals surface area contributed by atoms with E-state index in [1.54, 1.807) is 0 Å². The van der Waals surface area contributed by atoms with Crippen molar-refractivity contribution in [1.29, 1.82) is 0 Å². The monoisotopic (exact) mass is 385 g/mol. The zero-order valence-corrected chi connectivity index (χ0v) is 15.7. The molecule has 1 amide bonds. The fourth-order valence-electron chi connectivity index (χ4n) is 3.02. The molecule has 1 heterocycles. The molecule has 140 valence electrons. The first-order chi connectivity index (χ1) is 13.0. The summed E-state index contributed by atoms with van der Waals surface area (Å²) >= 11 is 5.95. The molecule has 0 unspecified atom stereocenters. The summed E-state index contributed by atoms with van der Waals surface area (Å²) in [5, 5.41) is 12.9. The minimum absolute atomic E-state index is 0.0623. The first-order valence-corrected chi connectivity index (χ1v) is 9.18. The Morgan fingerprint density at radius 1 is 1.11 bits per heavy atom. The number of carbonyl (C=O) groups excluding carboxylic acids is 1. The van der Waals surface area contributed by atoms with Gasteiger partial charge in [-0.05, 0) is 35.7 Å². The molecule has 0 saturated carbocycles. The molecule has 3 aromatic rings. The van der Waals surface area contributed by atoms with Gasteiger partial charge in [-0.25, -0.2) is 0 Å². The van der Waals surface area contributed by atoms with Gasteiger partial charge < -0.3 is 14.8 Å². The Labute approximate surface area is 161 Å². The van der Waals surface area contributed by atoms with Crippen LogP contribution in [0.2, 0.25) is 5.02 Å². The summed E-state index contributed by atoms with van der Waals surface area (Å²) in [6.45, 7) is 2.10. The molecule has 0 aliphatic carbocycles. The van der Waals surface area contributed by atoms with Crippen LogP contribution in [0.3, 0.4) is 0 Å². The maximum Gasteiger partial charge on any atom is 0.305 e. The zero-order valence-electron chi connectivity index (χ0n) is 14.9. The van der Waals surface area contributed by atoms with Crippen molar-refractivity contribution in [2.75, 3.05) is 6.54 Å². The Bertz CT molecular complexity index is 976. The van der Waals surface area contributed by atoms with Crippen molar-refractivity contribution in [3.63, 3.8) is 0 Å². The van der Waals surface area contributed by atoms with Crippen LogP contribution >= 0.6 is 11.6 Å². The number of benzene rings is 2. The summed E-state index contributed by atoms with van der Waals surface area (Å²) in [6, 6.07) is 13.4. The minimum Gasteiger partial charge on any atom is -0.481 e. The minimum atomic E-state index is -0.957. The van der Waals surface area contributed by atoms with Crippen molar-refractivity contribution >= 4 is 34.4 Å². The summed E-state index contributed by atoms with van der Waals surface area (Å²) < 4.78 is 5.87. The maximum absolute atomic E-state index is 12.5. The topological polar surface area (TPSA) is 79.5 Å². The maximum atomic E-state index is 12.5. The van der Waals surface area contributed by atoms with E-state index in [4.69, 9.17) is 21.1 Å². The lowest BCUT2D eigenvalue weighted by Crippen LogP contribution is -2.26. The second-order valence-electron chi connectivity index (χ2n) is 6.28. The van der Waals surface area contributed by atoms with Crippen LogP contribution < -0.4 is 5.32 Å². The molecule has 0 spiro atoms. The average Bonchev–Trinajstić information content (AvgIpc) is 3.00. The van der Waals surface area contributed by atoms with E-state index in [0.717, 1.165) is 28.5 Å². The number of furan rings is 1. The van der Waals surface area contributed by atoms with Crippen LogP contribution in [0.15, 0.2) is 46.9 Å². The van der Waals surface area contributed by atoms with Crippen LogP contribution in [-0.2, 0) is 11.2 Å². The predicted molar refractivity (Wildman–Crippen MR) is 105 cm³/mol. The van der Waals surface area contributed by atoms with Crippen molar-refractivity contribution in [3.05, 3.63) is 58.8 Å². The van der Waals surface area contributed by atoms with Crippen LogP contribution in [0.4, 0.5) is 0 Å². The quantitative estimate of drug-likeness (QED) is 0.605. The van der Waals surface area contributed by atoms with Crippen LogP contribution in [0.25, 0.3) is 22.1 Å². The fourth-order valence-corrected chi connectivity index (χ4v) is 3.14. The molecule has 2 aromatic carbocycles. The summed E-state index contributed by atoms with van der Waals surface area (Å²) in [5.74, 6) is -1.09. The van der Waals surface area contributed by atoms with Crippen molar-refractivity contribution in [1.82, 2.24) is 5.32 Å². The van der Waals surface area contributed by atoms with E-state index in [9.17, 15) is 9.59 Å². The molecular formula is C21H20ClNO4. The highest BCUT2D eigenvalue weighted by Gasteiger charge is 2.20. The first kappa shape index (κ1) is 19.0. The molecule has 0 radical (unpaired) electrons. The number of carboxylic acid groups (broad SMARTS) is 1. The Morgan fingerprint density at radius 2 is 1.81 bits per heavy atom. The lowest BCUT2D eigenvalue weighted by Gasteiger charge is -2.03. The van der Waals surface area contributed by atoms with Gasteiger partial charge in [-0.15, -0.1) is 0 Å². The Balaban J connectivity index is 1.96. The summed E-state index contributed by atoms with van der Waals surface area (Å²) in [6.07, 6.45) is 1.44. The van der Waals surface area contributed by atoms with E-state index in [2.05, 4.69) is 5.32 Å². The van der Waals surface area contributed by atoms with Crippen molar-refractivity contribution < 1.29 is 19.1 Å². The Morgan fingerprint density at radius 3 is 2.48 bits per heavy atom. The molecule has 0 fully saturated rings. The number of fused-ring (bicyclic) bond motifs is 1. The summed E-state index contributed by atoms with van der Waals surface area (Å²) in [5.41, 5.74) is 3.45. The smallest absolute Gasteiger partial charge is 0.305 e. The van der Waals surface area contributed by atoms with Crippen LogP contribution in [0.1, 0.15) is 35.9 Å². The molecule has 0 saturated heterocycles. The lowest BCUT2D eigenvalue weighted by molar-refractivity contribution is -0.136. The van der Waals surface area contributed by atoms with Gasteiger partial charge in [0.05, 0.1) is 6.42 Å². The molecular weight excluding hydrogens is 366 g/mol. The summed E-state index contributed by atoms with van der Waals surface area (Å²) in [4.78, 5) is 23.1. The van der Waals surface area contributed by atoms with Gasteiger partial charge in [-0.2, -0.15) is 0 Å². The highest BCUT2D eigenvalue weighted by molar-refractivity contribution is 6.30. The fraction of sp³-hybridized carbons (Fsp3) is 0.238. The van der Waals surface area contributed by atoms with Gasteiger partial charge in [0.15, 0.2) is 5.76 Å². The van der Waals surface area contributed by atoms with E-state index in [1.807, 2.05) is 49.4 Å². The largest absolute Gasteiger partial charge is 0.481 e. The van der Waals surface area contributed by atoms with E-state index in [0.29, 0.717) is 17.0 Å². The van der Waals surface area contributed by atoms with Gasteiger partial charge in [-0.1, -0.05) is 49.2 Å². The van der Waals surface area contributed by atoms with Crippen molar-refractivity contribution in [3.8, 4) is 11.1 Å². The average molecular weight is 386 g/mol. The standard InChI is InChI=1S/C21H20ClNO4/c1-2-3-17-16-9-6-14(13-4-7-15(22)8-5-13)12-18(16)27-20(17)21(26)23-11-10-19(24)25/h4-9,12H,2-3,10-11H2,1H3,(H,23,26)(H,24,25). The Kier molecular flexibility index (Phi) is 5.81. The molecule has 27 heavy (non-hydrogen) atoms. The molecule has 2 N–H and O–H groups in total. The van der Waals surface area contributed by atoms with Crippen molar-refractivity contribution in [2.45, 2.75) is 26.2 Å². The number of rotatable bonds is 7. The van der Waals surface area contributed by atoms with Crippen LogP contribution in [0, 0.1) is 0 Å². The number of hydrogen-bond acceptors (Lipinski definition) is 3. The Hall–Kier alpha value is -2.79. The second kappa shape index (κ2) is 8.27. The highest BCUT2D eigenvalue weighted by Crippen LogP contribution is 2.31. The lowest BCUT2D eigenvalue weighted by atomic mass is 10.0. The predicted octanol–water partition coefficient (Wildman–Crippen LogP) is 4.91. The van der Waals surface area contributed by atoms with E-state index >= 15 is 0 Å². The molecule has 6 heteroatoms. The third-order valence-corrected chi connectivity index (χ3v) is 4.55. The second-order valence-corrected chi connectivity index (χ2v) is 6.71. The van der Waals surface area contributed by atoms with E-state index < -0.39 is 5.97 Å². The molecule has 1 aromatic heterocycles. The number of aryl methyl sites for hydroxylation is 1. The highest BCUT2D eigenvalue weighted by atomic mass is 35.5. The van der Waals surface area contributed by atoms with Crippen LogP contribution in [-0.4, -0.2) is 23.5 Å². The number of hydrogen-bond donors (Lipinski definition) is 2. The molecule has 0 aliphatic heterocycles. The molecule has 0 atom stereocenters. The van der Waals surface area contributed by atoms with E-state index in [-0.39, 0.29) is 24.6 Å². The number of halogens is 1. The van der Waals surface area contributed by atoms with Gasteiger partial charge in [0.25, 0.3) is 5.91 Å². The number of carboxylic acids is 1.